The SMILES string of the molecule is CN=C(NCc1ccc(F)cc1C(F)(F)F)NCC1(c2cccc(F)c2)CCOCC1.I. The monoisotopic (exact) mass is 569 g/mol. The highest BCUT2D eigenvalue weighted by Gasteiger charge is 2.35. The minimum Gasteiger partial charge on any atom is -0.381 e. The number of guanidine groups is 1. The summed E-state index contributed by atoms with van der Waals surface area (Å²) in [5, 5.41) is 5.99. The second-order valence-corrected chi connectivity index (χ2v) is 7.48. The summed E-state index contributed by atoms with van der Waals surface area (Å²) in [6, 6.07) is 8.97. The molecule has 0 amide bonds. The van der Waals surface area contributed by atoms with Crippen LogP contribution >= 0.6 is 24.0 Å². The summed E-state index contributed by atoms with van der Waals surface area (Å²) in [5.74, 6) is -0.989. The molecule has 4 nitrogen and oxygen atoms in total. The molecule has 0 unspecified atom stereocenters. The fourth-order valence-electron chi connectivity index (χ4n) is 3.77. The van der Waals surface area contributed by atoms with E-state index in [0.29, 0.717) is 44.6 Å². The summed E-state index contributed by atoms with van der Waals surface area (Å²) < 4.78 is 72.2. The molecule has 0 radical (unpaired) electrons. The van der Waals surface area contributed by atoms with Crippen LogP contribution in [0.1, 0.15) is 29.5 Å². The number of benzene rings is 2. The van der Waals surface area contributed by atoms with Crippen molar-refractivity contribution < 1.29 is 26.7 Å². The van der Waals surface area contributed by atoms with Crippen LogP contribution in [-0.4, -0.2) is 32.8 Å². The lowest BCUT2D eigenvalue weighted by Crippen LogP contribution is -2.48. The minimum absolute atomic E-state index is 0. The van der Waals surface area contributed by atoms with Gasteiger partial charge in [0.15, 0.2) is 5.96 Å². The van der Waals surface area contributed by atoms with Crippen molar-refractivity contribution in [3.8, 4) is 0 Å². The molecule has 2 aromatic rings. The molecule has 2 aromatic carbocycles. The van der Waals surface area contributed by atoms with Crippen molar-refractivity contribution in [2.75, 3.05) is 26.8 Å². The van der Waals surface area contributed by atoms with Crippen molar-refractivity contribution in [3.63, 3.8) is 0 Å². The van der Waals surface area contributed by atoms with E-state index >= 15 is 0 Å². The lowest BCUT2D eigenvalue weighted by atomic mass is 9.74. The molecule has 10 heteroatoms. The molecule has 1 heterocycles. The molecule has 3 rings (SSSR count). The van der Waals surface area contributed by atoms with Gasteiger partial charge in [0.25, 0.3) is 0 Å². The maximum atomic E-state index is 13.8. The third kappa shape index (κ3) is 6.53. The second-order valence-electron chi connectivity index (χ2n) is 7.48. The van der Waals surface area contributed by atoms with Crippen LogP contribution in [-0.2, 0) is 22.9 Å². The molecule has 1 fully saturated rings. The van der Waals surface area contributed by atoms with Gasteiger partial charge in [0.2, 0.25) is 0 Å². The summed E-state index contributed by atoms with van der Waals surface area (Å²) in [5.41, 5.74) is -0.694. The molecule has 0 atom stereocenters. The Hall–Kier alpha value is -1.95. The normalized spacial score (nSPS) is 16.2. The summed E-state index contributed by atoms with van der Waals surface area (Å²) in [4.78, 5) is 4.07. The quantitative estimate of drug-likeness (QED) is 0.230. The molecular weight excluding hydrogens is 544 g/mol. The van der Waals surface area contributed by atoms with Gasteiger partial charge < -0.3 is 15.4 Å². The van der Waals surface area contributed by atoms with Gasteiger partial charge in [-0.2, -0.15) is 13.2 Å². The first-order chi connectivity index (χ1) is 14.7. The highest BCUT2D eigenvalue weighted by Crippen LogP contribution is 2.35. The van der Waals surface area contributed by atoms with Gasteiger partial charge in [-0.3, -0.25) is 4.99 Å². The first-order valence-electron chi connectivity index (χ1n) is 9.87. The Morgan fingerprint density at radius 1 is 1.03 bits per heavy atom. The van der Waals surface area contributed by atoms with Gasteiger partial charge >= 0.3 is 6.18 Å². The van der Waals surface area contributed by atoms with Gasteiger partial charge in [-0.1, -0.05) is 18.2 Å². The summed E-state index contributed by atoms with van der Waals surface area (Å²) in [7, 11) is 1.50. The molecule has 0 aliphatic carbocycles. The number of nitrogens with zero attached hydrogens (tertiary/aromatic N) is 1. The van der Waals surface area contributed by atoms with Crippen LogP contribution in [0.25, 0.3) is 0 Å². The average molecular weight is 569 g/mol. The molecule has 0 bridgehead atoms. The van der Waals surface area contributed by atoms with Gasteiger partial charge in [0.1, 0.15) is 11.6 Å². The summed E-state index contributed by atoms with van der Waals surface area (Å²) in [6.07, 6.45) is -3.34. The van der Waals surface area contributed by atoms with Crippen molar-refractivity contribution in [2.45, 2.75) is 31.0 Å². The third-order valence-electron chi connectivity index (χ3n) is 5.53. The van der Waals surface area contributed by atoms with E-state index in [1.165, 1.54) is 19.2 Å². The highest BCUT2D eigenvalue weighted by atomic mass is 127. The molecule has 0 saturated carbocycles. The zero-order chi connectivity index (χ0) is 22.5. The van der Waals surface area contributed by atoms with E-state index in [-0.39, 0.29) is 41.9 Å². The Morgan fingerprint density at radius 3 is 2.34 bits per heavy atom. The van der Waals surface area contributed by atoms with E-state index in [0.717, 1.165) is 17.7 Å². The molecule has 0 spiro atoms. The van der Waals surface area contributed by atoms with E-state index in [1.54, 1.807) is 6.07 Å². The van der Waals surface area contributed by atoms with Gasteiger partial charge in [-0.25, -0.2) is 8.78 Å². The highest BCUT2D eigenvalue weighted by molar-refractivity contribution is 14.0. The molecule has 1 aliphatic rings. The standard InChI is InChI=1S/C22H24F5N3O.HI/c1-28-20(29-13-15-5-6-18(24)12-19(15)22(25,26)27)30-14-21(7-9-31-10-8-21)16-3-2-4-17(23)11-16;/h2-6,11-12H,7-10,13-14H2,1H3,(H2,28,29,30);1H. The van der Waals surface area contributed by atoms with Crippen molar-refractivity contribution in [1.82, 2.24) is 10.6 Å². The van der Waals surface area contributed by atoms with Crippen molar-refractivity contribution in [2.24, 2.45) is 4.99 Å². The Bertz CT molecular complexity index is 930. The molecule has 0 aromatic heterocycles. The lowest BCUT2D eigenvalue weighted by Gasteiger charge is -2.38. The maximum absolute atomic E-state index is 13.8. The molecular formula is C22H25F5IN3O. The average Bonchev–Trinajstić information content (AvgIpc) is 2.74. The summed E-state index contributed by atoms with van der Waals surface area (Å²) in [6.45, 7) is 1.25. The maximum Gasteiger partial charge on any atom is 0.416 e. The second kappa shape index (κ2) is 11.3. The lowest BCUT2D eigenvalue weighted by molar-refractivity contribution is -0.138. The fraction of sp³-hybridized carbons (Fsp3) is 0.409. The number of halogens is 6. The van der Waals surface area contributed by atoms with E-state index in [2.05, 4.69) is 15.6 Å². The van der Waals surface area contributed by atoms with E-state index in [9.17, 15) is 22.0 Å². The van der Waals surface area contributed by atoms with E-state index < -0.39 is 23.0 Å². The van der Waals surface area contributed by atoms with Crippen LogP contribution < -0.4 is 10.6 Å². The number of rotatable bonds is 5. The van der Waals surface area contributed by atoms with E-state index in [4.69, 9.17) is 4.74 Å². The Kier molecular flexibility index (Phi) is 9.26. The first-order valence-corrected chi connectivity index (χ1v) is 9.87. The van der Waals surface area contributed by atoms with Crippen molar-refractivity contribution in [1.29, 1.82) is 0 Å². The number of nitrogens with one attached hydrogen (secondary N) is 2. The Labute approximate surface area is 200 Å². The number of aliphatic imine (C=N–C) groups is 1. The van der Waals surface area contributed by atoms with Gasteiger partial charge in [0.05, 0.1) is 5.56 Å². The van der Waals surface area contributed by atoms with Crippen LogP contribution in [0, 0.1) is 11.6 Å². The first kappa shape index (κ1) is 26.3. The number of ether oxygens (including phenoxy) is 1. The topological polar surface area (TPSA) is 45.7 Å². The van der Waals surface area contributed by atoms with Crippen molar-refractivity contribution >= 4 is 29.9 Å². The molecule has 32 heavy (non-hydrogen) atoms. The van der Waals surface area contributed by atoms with E-state index in [1.807, 2.05) is 6.07 Å². The Balaban J connectivity index is 0.00000363. The summed E-state index contributed by atoms with van der Waals surface area (Å²) >= 11 is 0. The van der Waals surface area contributed by atoms with Crippen LogP contribution in [0.4, 0.5) is 22.0 Å². The number of hydrogen-bond acceptors (Lipinski definition) is 2. The van der Waals surface area contributed by atoms with Gasteiger partial charge in [0, 0.05) is 38.8 Å². The predicted molar refractivity (Wildman–Crippen MR) is 123 cm³/mol. The zero-order valence-electron chi connectivity index (χ0n) is 17.4. The predicted octanol–water partition coefficient (Wildman–Crippen LogP) is 5.02. The molecule has 176 valence electrons. The van der Waals surface area contributed by atoms with Gasteiger partial charge in [-0.15, -0.1) is 24.0 Å². The fourth-order valence-corrected chi connectivity index (χ4v) is 3.77. The van der Waals surface area contributed by atoms with Crippen LogP contribution in [0.3, 0.4) is 0 Å². The van der Waals surface area contributed by atoms with Crippen molar-refractivity contribution in [3.05, 3.63) is 70.8 Å². The Morgan fingerprint density at radius 2 is 1.72 bits per heavy atom. The minimum atomic E-state index is -4.67. The smallest absolute Gasteiger partial charge is 0.381 e. The van der Waals surface area contributed by atoms with Crippen LogP contribution in [0.5, 0.6) is 0 Å². The largest absolute Gasteiger partial charge is 0.416 e. The number of alkyl halides is 3. The van der Waals surface area contributed by atoms with Crippen LogP contribution in [0.2, 0.25) is 0 Å². The van der Waals surface area contributed by atoms with Crippen LogP contribution in [0.15, 0.2) is 47.5 Å². The molecule has 1 saturated heterocycles. The molecule has 1 aliphatic heterocycles. The van der Waals surface area contributed by atoms with Gasteiger partial charge in [-0.05, 0) is 48.2 Å². The molecule has 2 N–H and O–H groups in total. The third-order valence-corrected chi connectivity index (χ3v) is 5.53. The number of hydrogen-bond donors (Lipinski definition) is 2. The zero-order valence-corrected chi connectivity index (χ0v) is 19.8.